The SMILES string of the molecule is CNc1cc2[nH]c(=O)n(-c3ccc(CC(=O)CS(=O)(=O)c4ccc(Cl)s4)cc3)c(=O)c2cc1F.CNc1cc2[nH]c(=O)n(-c3ccc(CC(=O)[N-]S(=O)(=O)c4ccc(Cl)s4)cc3)c(=O)c2cc1F.[K+]. The van der Waals surface area contributed by atoms with Crippen LogP contribution in [0.15, 0.2) is 125 Å². The molecule has 0 aliphatic heterocycles. The molecule has 26 heteroatoms. The van der Waals surface area contributed by atoms with Crippen molar-refractivity contribution in [2.45, 2.75) is 21.3 Å². The minimum atomic E-state index is -4.17. The number of rotatable bonds is 13. The van der Waals surface area contributed by atoms with E-state index < -0.39 is 71.4 Å². The standard InChI is InChI=1S/C22H17ClFN3O5S2.C21H16ClFN4O5S2.K/c1-25-18-10-17-15(9-16(18)24)21(29)27(22(30)26-17)13-4-2-12(3-5-13)8-14(28)11-34(31,32)20-7-6-19(23)33-20;1-24-16-10-15-13(9-14(16)23)20(29)27(21(30)25-15)12-4-2-11(3-5-12)8-18(28)26-34(31,32)19-7-6-17(22)33-19;/h2-7,9-10,25H,8,11H2,1H3,(H,26,30);2-7,9-10H,8H2,1H3,(H3,24,25,26,28,29,30);/q;;+1/p-1. The largest absolute Gasteiger partial charge is 1.00 e. The molecule has 0 saturated heterocycles. The van der Waals surface area contributed by atoms with Crippen molar-refractivity contribution < 1.29 is 86.6 Å². The Labute approximate surface area is 449 Å². The van der Waals surface area contributed by atoms with E-state index in [2.05, 4.69) is 25.3 Å². The summed E-state index contributed by atoms with van der Waals surface area (Å²) in [6.07, 6.45) is -0.473. The third-order valence-corrected chi connectivity index (χ3v) is 16.4. The minimum Gasteiger partial charge on any atom is -0.541 e. The molecule has 0 saturated carbocycles. The van der Waals surface area contributed by atoms with Crippen LogP contribution >= 0.6 is 45.9 Å². The van der Waals surface area contributed by atoms with Crippen LogP contribution in [0.25, 0.3) is 37.9 Å². The second kappa shape index (κ2) is 21.9. The molecule has 0 fully saturated rings. The van der Waals surface area contributed by atoms with E-state index >= 15 is 0 Å². The average molecular weight is 1080 g/mol. The Morgan fingerprint density at radius 3 is 1.46 bits per heavy atom. The van der Waals surface area contributed by atoms with Gasteiger partial charge >= 0.3 is 62.8 Å². The normalized spacial score (nSPS) is 11.4. The summed E-state index contributed by atoms with van der Waals surface area (Å²) in [7, 11) is -4.93. The molecule has 4 N–H and O–H groups in total. The minimum absolute atomic E-state index is 0. The fraction of sp³-hybridized carbons (Fsp3) is 0.116. The first kappa shape index (κ1) is 53.2. The van der Waals surface area contributed by atoms with E-state index in [1.54, 1.807) is 0 Å². The molecule has 0 spiro atoms. The predicted molar refractivity (Wildman–Crippen MR) is 258 cm³/mol. The summed E-state index contributed by atoms with van der Waals surface area (Å²) in [5.74, 6) is -3.37. The number of aromatic nitrogens is 4. The molecule has 17 nitrogen and oxygen atoms in total. The van der Waals surface area contributed by atoms with Gasteiger partial charge < -0.3 is 30.1 Å². The van der Waals surface area contributed by atoms with Crippen molar-refractivity contribution in [2.24, 2.45) is 0 Å². The van der Waals surface area contributed by atoms with Crippen LogP contribution < -0.4 is 84.5 Å². The number of fused-ring (bicyclic) bond motifs is 2. The summed E-state index contributed by atoms with van der Waals surface area (Å²) in [5.41, 5.74) is -0.937. The molecule has 0 aliphatic carbocycles. The Bertz CT molecular complexity index is 3540. The van der Waals surface area contributed by atoms with Crippen molar-refractivity contribution in [3.8, 4) is 11.4 Å². The van der Waals surface area contributed by atoms with E-state index in [0.717, 1.165) is 43.9 Å². The number of benzene rings is 4. The molecule has 4 aromatic heterocycles. The molecule has 0 radical (unpaired) electrons. The average Bonchev–Trinajstić information content (AvgIpc) is 3.94. The zero-order valence-corrected chi connectivity index (χ0v) is 43.8. The fourth-order valence-electron chi connectivity index (χ4n) is 6.70. The van der Waals surface area contributed by atoms with Gasteiger partial charge in [0.15, 0.2) is 15.6 Å². The van der Waals surface area contributed by atoms with Crippen molar-refractivity contribution in [3.05, 3.63) is 175 Å². The molecule has 0 atom stereocenters. The van der Waals surface area contributed by atoms with Crippen LogP contribution in [0.3, 0.4) is 0 Å². The molecule has 0 bridgehead atoms. The number of sulfone groups is 1. The van der Waals surface area contributed by atoms with Crippen molar-refractivity contribution in [1.29, 1.82) is 0 Å². The number of thiophene rings is 2. The molecule has 8 aromatic rings. The molecular weight excluding hydrogens is 1050 g/mol. The van der Waals surface area contributed by atoms with E-state index in [-0.39, 0.29) is 122 Å². The van der Waals surface area contributed by atoms with Crippen LogP contribution in [0.5, 0.6) is 0 Å². The first-order valence-electron chi connectivity index (χ1n) is 19.4. The Morgan fingerprint density at radius 1 is 0.638 bits per heavy atom. The summed E-state index contributed by atoms with van der Waals surface area (Å²) in [6, 6.07) is 21.9. The van der Waals surface area contributed by atoms with Gasteiger partial charge in [0.1, 0.15) is 35.8 Å². The number of carbonyl (C=O) groups excluding carboxylic acids is 2. The van der Waals surface area contributed by atoms with Gasteiger partial charge in [0.25, 0.3) is 11.1 Å². The number of nitrogens with zero attached hydrogens (tertiary/aromatic N) is 3. The van der Waals surface area contributed by atoms with Crippen LogP contribution in [0.1, 0.15) is 11.1 Å². The number of ketones is 1. The number of hydrogen-bond donors (Lipinski definition) is 4. The summed E-state index contributed by atoms with van der Waals surface area (Å²) < 4.78 is 82.8. The Hall–Kier alpha value is -5.12. The first-order valence-corrected chi connectivity index (χ1v) is 24.9. The third-order valence-electron chi connectivity index (χ3n) is 9.89. The van der Waals surface area contributed by atoms with E-state index in [1.807, 2.05) is 0 Å². The van der Waals surface area contributed by atoms with Gasteiger partial charge in [0.2, 0.25) is 0 Å². The van der Waals surface area contributed by atoms with Gasteiger partial charge in [0, 0.05) is 26.9 Å². The maximum atomic E-state index is 14.2. The maximum absolute atomic E-state index is 14.2. The molecule has 0 aliphatic rings. The molecule has 4 aromatic carbocycles. The topological polar surface area (TPSA) is 250 Å². The number of aromatic amines is 2. The molecule has 0 unspecified atom stereocenters. The Morgan fingerprint density at radius 2 is 1.06 bits per heavy atom. The number of amides is 1. The molecule has 1 amide bonds. The molecule has 8 rings (SSSR count). The number of carbonyl (C=O) groups is 2. The van der Waals surface area contributed by atoms with Crippen LogP contribution in [0.2, 0.25) is 8.67 Å². The first-order chi connectivity index (χ1) is 32.2. The maximum Gasteiger partial charge on any atom is 1.00 e. The van der Waals surface area contributed by atoms with Crippen LogP contribution in [0.4, 0.5) is 20.2 Å². The van der Waals surface area contributed by atoms with Gasteiger partial charge in [-0.05, 0) is 83.9 Å². The zero-order valence-electron chi connectivity index (χ0n) is 35.9. The third kappa shape index (κ3) is 12.1. The Balaban J connectivity index is 0.000000224. The second-order valence-electron chi connectivity index (χ2n) is 14.5. The van der Waals surface area contributed by atoms with Gasteiger partial charge in [-0.1, -0.05) is 47.5 Å². The molecule has 4 heterocycles. The second-order valence-corrected chi connectivity index (χ2v) is 21.9. The quantitative estimate of drug-likeness (QED) is 0.121. The molecular formula is C43H32Cl2F2KN7O10S4. The van der Waals surface area contributed by atoms with Crippen molar-refractivity contribution in [1.82, 2.24) is 19.1 Å². The van der Waals surface area contributed by atoms with Gasteiger partial charge in [-0.25, -0.2) is 44.3 Å². The van der Waals surface area contributed by atoms with Gasteiger partial charge in [-0.3, -0.25) is 14.4 Å². The van der Waals surface area contributed by atoms with E-state index in [0.29, 0.717) is 15.5 Å². The van der Waals surface area contributed by atoms with Gasteiger partial charge in [-0.2, -0.15) is 0 Å². The van der Waals surface area contributed by atoms with Crippen LogP contribution in [0, 0.1) is 11.6 Å². The fourth-order valence-corrected chi connectivity index (χ4v) is 11.9. The number of halogens is 4. The molecule has 69 heavy (non-hydrogen) atoms. The van der Waals surface area contributed by atoms with E-state index in [1.165, 1.54) is 99.0 Å². The summed E-state index contributed by atoms with van der Waals surface area (Å²) in [6.45, 7) is 0. The van der Waals surface area contributed by atoms with Crippen LogP contribution in [-0.4, -0.2) is 67.5 Å². The number of anilines is 2. The van der Waals surface area contributed by atoms with E-state index in [9.17, 15) is 54.4 Å². The number of H-pyrrole nitrogens is 2. The van der Waals surface area contributed by atoms with Crippen molar-refractivity contribution in [3.63, 3.8) is 0 Å². The summed E-state index contributed by atoms with van der Waals surface area (Å²) >= 11 is 13.2. The predicted octanol–water partition coefficient (Wildman–Crippen LogP) is 3.57. The van der Waals surface area contributed by atoms with Crippen LogP contribution in [-0.2, 0) is 42.3 Å². The number of Topliss-reactive ketones (excluding diaryl/α,β-unsaturated/α-hetero) is 1. The van der Waals surface area contributed by atoms with Gasteiger partial charge in [0.05, 0.1) is 59.1 Å². The number of hydrogen-bond acceptors (Lipinski definition) is 14. The smallest absolute Gasteiger partial charge is 0.541 e. The monoisotopic (exact) mass is 1080 g/mol. The van der Waals surface area contributed by atoms with Crippen molar-refractivity contribution >= 4 is 111 Å². The Kier molecular flexibility index (Phi) is 16.9. The molecule has 352 valence electrons. The summed E-state index contributed by atoms with van der Waals surface area (Å²) in [5, 5.41) is 5.25. The number of sulfonamides is 1. The zero-order chi connectivity index (χ0) is 49.2. The summed E-state index contributed by atoms with van der Waals surface area (Å²) in [4.78, 5) is 80.5. The van der Waals surface area contributed by atoms with Crippen molar-refractivity contribution in [2.75, 3.05) is 30.5 Å². The van der Waals surface area contributed by atoms with E-state index in [4.69, 9.17) is 23.2 Å². The van der Waals surface area contributed by atoms with Gasteiger partial charge in [-0.15, -0.1) is 22.7 Å². The number of nitrogens with one attached hydrogen (secondary N) is 4.